The number of amides is 1. The van der Waals surface area contributed by atoms with Gasteiger partial charge in [-0.2, -0.15) is 18.4 Å². The molecule has 0 fully saturated rings. The summed E-state index contributed by atoms with van der Waals surface area (Å²) in [7, 11) is -4.17. The number of Topliss-reactive ketones (excluding diaryl/α,β-unsaturated/α-hetero) is 1. The summed E-state index contributed by atoms with van der Waals surface area (Å²) in [6.45, 7) is 3.58. The van der Waals surface area contributed by atoms with Crippen LogP contribution in [-0.2, 0) is 44.9 Å². The number of nitrogens with zero attached hydrogens (tertiary/aromatic N) is 1. The van der Waals surface area contributed by atoms with Crippen LogP contribution in [0.3, 0.4) is 0 Å². The van der Waals surface area contributed by atoms with Crippen LogP contribution < -0.4 is 10.6 Å². The molecule has 59 heavy (non-hydrogen) atoms. The highest BCUT2D eigenvalue weighted by molar-refractivity contribution is 7.91. The third-order valence-corrected chi connectivity index (χ3v) is 12.2. The van der Waals surface area contributed by atoms with E-state index in [2.05, 4.69) is 27.8 Å². The average Bonchev–Trinajstić information content (AvgIpc) is 3.46. The average molecular weight is 833 g/mol. The first kappa shape index (κ1) is 43.2. The van der Waals surface area contributed by atoms with Gasteiger partial charge in [-0.1, -0.05) is 36.4 Å². The summed E-state index contributed by atoms with van der Waals surface area (Å²) < 4.78 is 86.1. The Bertz CT molecular complexity index is 2470. The van der Waals surface area contributed by atoms with Crippen LogP contribution in [0, 0.1) is 17.1 Å². The summed E-state index contributed by atoms with van der Waals surface area (Å²) in [5.41, 5.74) is 1.33. The number of hydrogen-bond acceptors (Lipinski definition) is 8. The predicted octanol–water partition coefficient (Wildman–Crippen LogP) is 8.07. The van der Waals surface area contributed by atoms with Gasteiger partial charge in [0, 0.05) is 54.0 Å². The van der Waals surface area contributed by atoms with Crippen LogP contribution in [0.25, 0.3) is 22.2 Å². The van der Waals surface area contributed by atoms with Gasteiger partial charge in [0.25, 0.3) is 5.91 Å². The lowest BCUT2D eigenvalue weighted by Crippen LogP contribution is -2.45. The number of carbonyl (C=O) groups excluding carboxylic acids is 2. The predicted molar refractivity (Wildman–Crippen MR) is 215 cm³/mol. The second kappa shape index (κ2) is 18.3. The zero-order chi connectivity index (χ0) is 42.4. The number of H-pyrrole nitrogens is 1. The Morgan fingerprint density at radius 3 is 2.37 bits per heavy atom. The molecule has 1 atom stereocenters. The van der Waals surface area contributed by atoms with Gasteiger partial charge >= 0.3 is 6.18 Å². The fourth-order valence-corrected chi connectivity index (χ4v) is 8.79. The van der Waals surface area contributed by atoms with Crippen LogP contribution >= 0.6 is 0 Å². The number of hydrogen-bond donors (Lipinski definition) is 4. The quantitative estimate of drug-likeness (QED) is 0.0541. The Balaban J connectivity index is 0.872. The van der Waals surface area contributed by atoms with Crippen LogP contribution in [0.4, 0.5) is 23.2 Å². The molecule has 0 unspecified atom stereocenters. The zero-order valence-corrected chi connectivity index (χ0v) is 33.2. The van der Waals surface area contributed by atoms with E-state index in [-0.39, 0.29) is 16.4 Å². The normalized spacial score (nSPS) is 14.2. The Hall–Kier alpha value is -5.40. The van der Waals surface area contributed by atoms with Crippen molar-refractivity contribution in [1.82, 2.24) is 10.3 Å². The van der Waals surface area contributed by atoms with Gasteiger partial charge in [0.1, 0.15) is 5.82 Å². The summed E-state index contributed by atoms with van der Waals surface area (Å²) in [4.78, 5) is 28.6. The number of carbonyl (C=O) groups is 2. The molecule has 1 amide bonds. The largest absolute Gasteiger partial charge is 0.417 e. The molecule has 15 heteroatoms. The first-order valence-corrected chi connectivity index (χ1v) is 20.9. The van der Waals surface area contributed by atoms with Crippen LogP contribution in [0.2, 0.25) is 0 Å². The highest BCUT2D eigenvalue weighted by atomic mass is 32.2. The monoisotopic (exact) mass is 832 g/mol. The van der Waals surface area contributed by atoms with Crippen molar-refractivity contribution in [2.24, 2.45) is 0 Å². The molecule has 6 rings (SSSR count). The minimum Gasteiger partial charge on any atom is -0.381 e. The van der Waals surface area contributed by atoms with Crippen molar-refractivity contribution in [2.75, 3.05) is 30.8 Å². The van der Waals surface area contributed by atoms with E-state index >= 15 is 0 Å². The SMILES string of the molecule is C[C@](O)(CS(=O)(=O)c1ccc(CCCCOCCCNCc2ccc(-c3[nH]c4cc(F)cc5c4c3CCCC5=O)cc2)cc1)C(=O)Nc1ccc(C#N)c(C(F)(F)F)c1. The number of aryl methyl sites for hydroxylation is 2. The van der Waals surface area contributed by atoms with Crippen molar-refractivity contribution in [1.29, 1.82) is 5.26 Å². The number of ether oxygens (including phenoxy) is 1. The number of aromatic amines is 1. The molecule has 1 aliphatic rings. The van der Waals surface area contributed by atoms with Crippen LogP contribution in [0.5, 0.6) is 0 Å². The van der Waals surface area contributed by atoms with Crippen LogP contribution in [0.15, 0.2) is 83.8 Å². The minimum atomic E-state index is -4.87. The molecular weight excluding hydrogens is 789 g/mol. The van der Waals surface area contributed by atoms with E-state index in [9.17, 15) is 40.7 Å². The van der Waals surface area contributed by atoms with Gasteiger partial charge in [-0.15, -0.1) is 0 Å². The lowest BCUT2D eigenvalue weighted by molar-refractivity contribution is -0.137. The fourth-order valence-electron chi connectivity index (χ4n) is 7.20. The first-order valence-electron chi connectivity index (χ1n) is 19.3. The standard InChI is InChI=1S/C44H44F4N4O6S/c1-43(55,42(54)51-33-16-15-31(25-49)37(24-33)44(46,47)48)27-59(56,57)34-17-11-28(12-18-34)6-2-3-20-58-21-5-19-50-26-29-9-13-30(14-10-29)41-35-7-4-8-39(53)36-22-32(45)23-38(52-41)40(35)36/h9-18,22-24,50,52,55H,2-8,19-21,26-27H2,1H3,(H,51,54)/t43-/m0/s1. The molecule has 0 bridgehead atoms. The maximum Gasteiger partial charge on any atom is 0.417 e. The molecule has 0 radical (unpaired) electrons. The Morgan fingerprint density at radius 1 is 0.949 bits per heavy atom. The lowest BCUT2D eigenvalue weighted by atomic mass is 9.99. The molecule has 0 spiro atoms. The third-order valence-electron chi connectivity index (χ3n) is 10.3. The number of unbranched alkanes of at least 4 members (excludes halogenated alkanes) is 1. The van der Waals surface area contributed by atoms with Crippen molar-refractivity contribution < 1.29 is 45.4 Å². The molecule has 5 aromatic rings. The van der Waals surface area contributed by atoms with Crippen LogP contribution in [-0.4, -0.2) is 61.3 Å². The van der Waals surface area contributed by atoms with Crippen LogP contribution in [0.1, 0.15) is 77.2 Å². The smallest absolute Gasteiger partial charge is 0.381 e. The number of ketones is 1. The van der Waals surface area contributed by atoms with Crippen molar-refractivity contribution in [3.05, 3.63) is 118 Å². The summed E-state index contributed by atoms with van der Waals surface area (Å²) in [5.74, 6) is -2.68. The molecule has 0 saturated carbocycles. The highest BCUT2D eigenvalue weighted by Gasteiger charge is 2.38. The highest BCUT2D eigenvalue weighted by Crippen LogP contribution is 2.37. The minimum absolute atomic E-state index is 0.0200. The lowest BCUT2D eigenvalue weighted by Gasteiger charge is -2.22. The zero-order valence-electron chi connectivity index (χ0n) is 32.3. The molecule has 310 valence electrons. The van der Waals surface area contributed by atoms with E-state index in [0.717, 1.165) is 91.0 Å². The molecular formula is C44H44F4N4O6S. The molecule has 1 heterocycles. The van der Waals surface area contributed by atoms with E-state index in [4.69, 9.17) is 10.00 Å². The summed E-state index contributed by atoms with van der Waals surface area (Å²) in [6, 6.07) is 21.0. The number of aliphatic hydroxyl groups is 1. The Morgan fingerprint density at radius 2 is 1.66 bits per heavy atom. The summed E-state index contributed by atoms with van der Waals surface area (Å²) in [5, 5.41) is 26.1. The molecule has 1 aliphatic carbocycles. The van der Waals surface area contributed by atoms with Gasteiger partial charge in [0.15, 0.2) is 21.2 Å². The number of nitriles is 1. The number of alkyl halides is 3. The molecule has 10 nitrogen and oxygen atoms in total. The molecule has 4 N–H and O–H groups in total. The maximum atomic E-state index is 14.3. The molecule has 1 aromatic heterocycles. The van der Waals surface area contributed by atoms with Gasteiger partial charge in [0.2, 0.25) is 0 Å². The number of halogens is 4. The van der Waals surface area contributed by atoms with Gasteiger partial charge in [-0.3, -0.25) is 9.59 Å². The fraction of sp³-hybridized carbons (Fsp3) is 0.341. The third kappa shape index (κ3) is 10.6. The summed E-state index contributed by atoms with van der Waals surface area (Å²) >= 11 is 0. The number of anilines is 1. The molecule has 0 saturated heterocycles. The van der Waals surface area contributed by atoms with E-state index < -0.39 is 50.2 Å². The number of sulfone groups is 1. The molecule has 4 aromatic carbocycles. The number of aromatic nitrogens is 1. The van der Waals surface area contributed by atoms with E-state index in [1.807, 2.05) is 12.1 Å². The maximum absolute atomic E-state index is 14.3. The van der Waals surface area contributed by atoms with Gasteiger partial charge in [0.05, 0.1) is 27.8 Å². The summed E-state index contributed by atoms with van der Waals surface area (Å²) in [6.07, 6.45) is 0.129. The Kier molecular flexibility index (Phi) is 13.4. The number of rotatable bonds is 17. The Labute approximate surface area is 339 Å². The van der Waals surface area contributed by atoms with E-state index in [1.165, 1.54) is 30.3 Å². The van der Waals surface area contributed by atoms with E-state index in [0.29, 0.717) is 49.7 Å². The first-order chi connectivity index (χ1) is 28.1. The van der Waals surface area contributed by atoms with E-state index in [1.54, 1.807) is 12.1 Å². The van der Waals surface area contributed by atoms with Gasteiger partial charge in [-0.25, -0.2) is 12.8 Å². The topological polar surface area (TPSA) is 161 Å². The van der Waals surface area contributed by atoms with Gasteiger partial charge in [-0.05, 0) is 117 Å². The molecule has 0 aliphatic heterocycles. The van der Waals surface area contributed by atoms with Crippen molar-refractivity contribution in [2.45, 2.75) is 75.1 Å². The second-order valence-corrected chi connectivity index (χ2v) is 16.9. The van der Waals surface area contributed by atoms with Crippen molar-refractivity contribution in [3.63, 3.8) is 0 Å². The second-order valence-electron chi connectivity index (χ2n) is 14.9. The number of nitrogens with one attached hydrogen (secondary N) is 3. The van der Waals surface area contributed by atoms with Crippen molar-refractivity contribution in [3.8, 4) is 17.3 Å². The van der Waals surface area contributed by atoms with Gasteiger partial charge < -0.3 is 25.5 Å². The number of benzene rings is 4. The van der Waals surface area contributed by atoms with Crippen molar-refractivity contribution >= 4 is 38.1 Å².